The minimum Gasteiger partial charge on any atom is -0.387 e. The Hall–Kier alpha value is -1.43. The van der Waals surface area contributed by atoms with Crippen LogP contribution in [0.3, 0.4) is 0 Å². The van der Waals surface area contributed by atoms with Gasteiger partial charge in [0.25, 0.3) is 0 Å². The van der Waals surface area contributed by atoms with Crippen LogP contribution in [0.4, 0.5) is 0 Å². The topological polar surface area (TPSA) is 80.0 Å². The van der Waals surface area contributed by atoms with Gasteiger partial charge in [-0.05, 0) is 19.8 Å². The molecule has 2 N–H and O–H groups in total. The lowest BCUT2D eigenvalue weighted by atomic mass is 9.95. The van der Waals surface area contributed by atoms with Crippen molar-refractivity contribution in [1.29, 1.82) is 0 Å². The number of aryl methyl sites for hydroxylation is 1. The Morgan fingerprint density at radius 3 is 2.89 bits per heavy atom. The van der Waals surface area contributed by atoms with Gasteiger partial charge in [-0.3, -0.25) is 9.48 Å². The molecular formula is C13H22N4O2. The van der Waals surface area contributed by atoms with Gasteiger partial charge in [-0.2, -0.15) is 0 Å². The first-order valence-electron chi connectivity index (χ1n) is 7.02. The van der Waals surface area contributed by atoms with E-state index in [2.05, 4.69) is 15.6 Å². The molecule has 0 aromatic carbocycles. The van der Waals surface area contributed by atoms with Gasteiger partial charge in [0.2, 0.25) is 5.91 Å². The average Bonchev–Trinajstić information content (AvgIpc) is 2.86. The monoisotopic (exact) mass is 266 g/mol. The van der Waals surface area contributed by atoms with Crippen LogP contribution in [0.15, 0.2) is 6.20 Å². The third-order valence-electron chi connectivity index (χ3n) is 3.52. The minimum atomic E-state index is -0.621. The van der Waals surface area contributed by atoms with Crippen LogP contribution in [0.1, 0.15) is 57.2 Å². The van der Waals surface area contributed by atoms with Crippen molar-refractivity contribution in [2.45, 2.75) is 64.1 Å². The molecule has 1 aromatic heterocycles. The lowest BCUT2D eigenvalue weighted by molar-refractivity contribution is -0.122. The molecule has 0 radical (unpaired) electrons. The maximum atomic E-state index is 11.8. The van der Waals surface area contributed by atoms with Gasteiger partial charge in [0.05, 0.1) is 18.8 Å². The van der Waals surface area contributed by atoms with Crippen LogP contribution in [-0.4, -0.2) is 32.0 Å². The molecule has 0 aliphatic heterocycles. The van der Waals surface area contributed by atoms with Crippen molar-refractivity contribution in [3.8, 4) is 0 Å². The molecule has 0 bridgehead atoms. The van der Waals surface area contributed by atoms with E-state index in [1.165, 1.54) is 19.3 Å². The van der Waals surface area contributed by atoms with Crippen molar-refractivity contribution in [2.24, 2.45) is 0 Å². The van der Waals surface area contributed by atoms with Gasteiger partial charge < -0.3 is 10.4 Å². The molecule has 1 aliphatic rings. The van der Waals surface area contributed by atoms with E-state index in [0.29, 0.717) is 24.7 Å². The predicted molar refractivity (Wildman–Crippen MR) is 70.3 cm³/mol. The molecule has 1 fully saturated rings. The van der Waals surface area contributed by atoms with E-state index in [4.69, 9.17) is 0 Å². The van der Waals surface area contributed by atoms with E-state index < -0.39 is 6.10 Å². The number of rotatable bonds is 5. The van der Waals surface area contributed by atoms with Gasteiger partial charge >= 0.3 is 0 Å². The van der Waals surface area contributed by atoms with Crippen molar-refractivity contribution in [2.75, 3.05) is 0 Å². The third-order valence-corrected chi connectivity index (χ3v) is 3.52. The largest absolute Gasteiger partial charge is 0.387 e. The molecule has 1 unspecified atom stereocenters. The van der Waals surface area contributed by atoms with Gasteiger partial charge in [-0.1, -0.05) is 24.5 Å². The summed E-state index contributed by atoms with van der Waals surface area (Å²) in [4.78, 5) is 11.8. The first-order chi connectivity index (χ1) is 9.15. The lowest BCUT2D eigenvalue weighted by Crippen LogP contribution is -2.36. The molecule has 106 valence electrons. The van der Waals surface area contributed by atoms with E-state index in [1.54, 1.807) is 17.8 Å². The quantitative estimate of drug-likeness (QED) is 0.838. The predicted octanol–water partition coefficient (Wildman–Crippen LogP) is 1.17. The third kappa shape index (κ3) is 4.31. The fourth-order valence-corrected chi connectivity index (χ4v) is 2.38. The number of carbonyl (C=O) groups is 1. The van der Waals surface area contributed by atoms with Crippen LogP contribution >= 0.6 is 0 Å². The molecule has 19 heavy (non-hydrogen) atoms. The summed E-state index contributed by atoms with van der Waals surface area (Å²) in [6.45, 7) is 2.14. The second-order valence-corrected chi connectivity index (χ2v) is 5.23. The maximum absolute atomic E-state index is 11.8. The minimum absolute atomic E-state index is 0.0704. The molecular weight excluding hydrogens is 244 g/mol. The van der Waals surface area contributed by atoms with Crippen molar-refractivity contribution >= 4 is 5.91 Å². The highest BCUT2D eigenvalue weighted by Crippen LogP contribution is 2.17. The van der Waals surface area contributed by atoms with Crippen molar-refractivity contribution in [3.63, 3.8) is 0 Å². The number of nitrogens with one attached hydrogen (secondary N) is 1. The fraction of sp³-hybridized carbons (Fsp3) is 0.769. The normalized spacial score (nSPS) is 18.2. The highest BCUT2D eigenvalue weighted by molar-refractivity contribution is 5.76. The summed E-state index contributed by atoms with van der Waals surface area (Å²) in [6, 6.07) is 0.352. The number of hydrogen-bond acceptors (Lipinski definition) is 4. The fourth-order valence-electron chi connectivity index (χ4n) is 2.38. The van der Waals surface area contributed by atoms with Crippen LogP contribution < -0.4 is 5.32 Å². The first kappa shape index (κ1) is 14.0. The molecule has 0 spiro atoms. The smallest absolute Gasteiger partial charge is 0.222 e. The molecule has 1 aromatic rings. The van der Waals surface area contributed by atoms with Gasteiger partial charge in [-0.15, -0.1) is 5.10 Å². The Balaban J connectivity index is 1.73. The number of nitrogens with zero attached hydrogens (tertiary/aromatic N) is 3. The summed E-state index contributed by atoms with van der Waals surface area (Å²) in [5, 5.41) is 20.1. The Kier molecular flexibility index (Phi) is 4.90. The second kappa shape index (κ2) is 6.65. The Labute approximate surface area is 113 Å². The number of aliphatic hydroxyl groups is 1. The molecule has 0 saturated heterocycles. The highest BCUT2D eigenvalue weighted by atomic mass is 16.3. The molecule has 1 aliphatic carbocycles. The molecule has 1 heterocycles. The van der Waals surface area contributed by atoms with Gasteiger partial charge in [0.1, 0.15) is 5.69 Å². The maximum Gasteiger partial charge on any atom is 0.222 e. The second-order valence-electron chi connectivity index (χ2n) is 5.23. The summed E-state index contributed by atoms with van der Waals surface area (Å²) >= 11 is 0. The Morgan fingerprint density at radius 1 is 1.53 bits per heavy atom. The Bertz CT molecular complexity index is 411. The summed E-state index contributed by atoms with van der Waals surface area (Å²) < 4.78 is 1.60. The average molecular weight is 266 g/mol. The number of aromatic nitrogens is 3. The van der Waals surface area contributed by atoms with Crippen LogP contribution in [0, 0.1) is 0 Å². The molecule has 6 heteroatoms. The standard InChI is InChI=1S/C13H22N4O2/c1-10(18)12-9-17(16-15-12)8-7-13(19)14-11-5-3-2-4-6-11/h9-11,18H,2-8H2,1H3,(H,14,19). The number of amides is 1. The molecule has 6 nitrogen and oxygen atoms in total. The summed E-state index contributed by atoms with van der Waals surface area (Å²) in [5.74, 6) is 0.0704. The summed E-state index contributed by atoms with van der Waals surface area (Å²) in [6.07, 6.45) is 7.37. The van der Waals surface area contributed by atoms with E-state index in [-0.39, 0.29) is 5.91 Å². The molecule has 1 atom stereocenters. The van der Waals surface area contributed by atoms with Crippen molar-refractivity contribution < 1.29 is 9.90 Å². The highest BCUT2D eigenvalue weighted by Gasteiger charge is 2.15. The summed E-state index contributed by atoms with van der Waals surface area (Å²) in [7, 11) is 0. The Morgan fingerprint density at radius 2 is 2.26 bits per heavy atom. The van der Waals surface area contributed by atoms with Crippen LogP contribution in [0.2, 0.25) is 0 Å². The number of carbonyl (C=O) groups excluding carboxylic acids is 1. The first-order valence-corrected chi connectivity index (χ1v) is 7.02. The number of aliphatic hydroxyl groups excluding tert-OH is 1. The van der Waals surface area contributed by atoms with Crippen LogP contribution in [0.5, 0.6) is 0 Å². The number of hydrogen-bond donors (Lipinski definition) is 2. The zero-order valence-electron chi connectivity index (χ0n) is 11.4. The van der Waals surface area contributed by atoms with Crippen LogP contribution in [0.25, 0.3) is 0 Å². The van der Waals surface area contributed by atoms with Crippen molar-refractivity contribution in [3.05, 3.63) is 11.9 Å². The van der Waals surface area contributed by atoms with Crippen molar-refractivity contribution in [1.82, 2.24) is 20.3 Å². The molecule has 1 saturated carbocycles. The zero-order valence-corrected chi connectivity index (χ0v) is 11.4. The molecule has 2 rings (SSSR count). The SMILES string of the molecule is CC(O)c1cn(CCC(=O)NC2CCCCC2)nn1. The van der Waals surface area contributed by atoms with E-state index >= 15 is 0 Å². The van der Waals surface area contributed by atoms with Crippen LogP contribution in [-0.2, 0) is 11.3 Å². The van der Waals surface area contributed by atoms with Gasteiger partial charge in [0, 0.05) is 12.5 Å². The van der Waals surface area contributed by atoms with E-state index in [9.17, 15) is 9.90 Å². The molecule has 1 amide bonds. The van der Waals surface area contributed by atoms with Gasteiger partial charge in [-0.25, -0.2) is 0 Å². The lowest BCUT2D eigenvalue weighted by Gasteiger charge is -2.22. The zero-order chi connectivity index (χ0) is 13.7. The summed E-state index contributed by atoms with van der Waals surface area (Å²) in [5.41, 5.74) is 0.535. The van der Waals surface area contributed by atoms with E-state index in [1.807, 2.05) is 0 Å². The van der Waals surface area contributed by atoms with Gasteiger partial charge in [0.15, 0.2) is 0 Å². The van der Waals surface area contributed by atoms with E-state index in [0.717, 1.165) is 12.8 Å².